The summed E-state index contributed by atoms with van der Waals surface area (Å²) in [7, 11) is 1.39. The van der Waals surface area contributed by atoms with E-state index in [1.165, 1.54) is 7.69 Å². The van der Waals surface area contributed by atoms with E-state index in [0.717, 1.165) is 17.1 Å². The van der Waals surface area contributed by atoms with Gasteiger partial charge in [-0.2, -0.15) is 0 Å². The van der Waals surface area contributed by atoms with Crippen LogP contribution < -0.4 is 4.74 Å². The van der Waals surface area contributed by atoms with Crippen LogP contribution in [0.2, 0.25) is 0 Å². The highest BCUT2D eigenvalue weighted by atomic mass is 16.6. The van der Waals surface area contributed by atoms with Crippen LogP contribution in [-0.2, 0) is 9.31 Å². The van der Waals surface area contributed by atoms with Crippen molar-refractivity contribution in [2.45, 2.75) is 6.10 Å². The van der Waals surface area contributed by atoms with Gasteiger partial charge in [0.15, 0.2) is 0 Å². The molecule has 1 fully saturated rings. The number of rotatable bonds is 3. The number of para-hydroxylation sites is 1. The summed E-state index contributed by atoms with van der Waals surface area (Å²) in [6.07, 6.45) is -0.00391. The van der Waals surface area contributed by atoms with Gasteiger partial charge in [-0.3, -0.25) is 0 Å². The lowest BCUT2D eigenvalue weighted by Crippen LogP contribution is -1.99. The molecule has 1 heterocycles. The maximum Gasteiger partial charge on any atom is 0.488 e. The van der Waals surface area contributed by atoms with Gasteiger partial charge in [-0.15, -0.1) is 0 Å². The quantitative estimate of drug-likeness (QED) is 0.770. The molecule has 2 aromatic carbocycles. The third-order valence-electron chi connectivity index (χ3n) is 2.77. The first-order valence-electron chi connectivity index (χ1n) is 5.83. The maximum atomic E-state index is 5.72. The molecule has 4 heteroatoms. The van der Waals surface area contributed by atoms with Crippen LogP contribution in [0.1, 0.15) is 11.7 Å². The second-order valence-electron chi connectivity index (χ2n) is 4.04. The summed E-state index contributed by atoms with van der Waals surface area (Å²) in [6, 6.07) is 17.6. The summed E-state index contributed by atoms with van der Waals surface area (Å²) in [4.78, 5) is 0. The molecule has 1 radical (unpaired) electrons. The fraction of sp³-hybridized carbons (Fsp3) is 0.143. The first kappa shape index (κ1) is 11.3. The van der Waals surface area contributed by atoms with Crippen LogP contribution in [0, 0.1) is 0 Å². The minimum Gasteiger partial charge on any atom is -0.457 e. The molecule has 0 amide bonds. The highest BCUT2D eigenvalue weighted by molar-refractivity contribution is 6.18. The minimum atomic E-state index is -0.00391. The van der Waals surface area contributed by atoms with Gasteiger partial charge in [0.1, 0.15) is 11.5 Å². The van der Waals surface area contributed by atoms with E-state index >= 15 is 0 Å². The van der Waals surface area contributed by atoms with E-state index in [4.69, 9.17) is 14.0 Å². The zero-order valence-corrected chi connectivity index (χ0v) is 9.78. The standard InChI is InChI=1S/C14H12BO3/c1-2-4-12(5-3-1)17-13-8-6-11(7-9-13)14-10-16-15-18-14/h1-9,14H,10H2. The molecule has 1 unspecified atom stereocenters. The Morgan fingerprint density at radius 1 is 0.944 bits per heavy atom. The Kier molecular flexibility index (Phi) is 3.30. The Bertz CT molecular complexity index is 492. The molecule has 1 saturated heterocycles. The van der Waals surface area contributed by atoms with Crippen molar-refractivity contribution in [1.82, 2.24) is 0 Å². The van der Waals surface area contributed by atoms with Crippen molar-refractivity contribution in [1.29, 1.82) is 0 Å². The summed E-state index contributed by atoms with van der Waals surface area (Å²) in [5, 5.41) is 0. The fourth-order valence-electron chi connectivity index (χ4n) is 1.82. The zero-order valence-electron chi connectivity index (χ0n) is 9.78. The van der Waals surface area contributed by atoms with Crippen molar-refractivity contribution in [3.63, 3.8) is 0 Å². The van der Waals surface area contributed by atoms with Crippen LogP contribution in [-0.4, -0.2) is 14.3 Å². The average molecular weight is 239 g/mol. The third kappa shape index (κ3) is 2.55. The molecule has 1 atom stereocenters. The summed E-state index contributed by atoms with van der Waals surface area (Å²) >= 11 is 0. The molecule has 0 N–H and O–H groups in total. The average Bonchev–Trinajstić information content (AvgIpc) is 2.95. The van der Waals surface area contributed by atoms with Crippen molar-refractivity contribution in [2.24, 2.45) is 0 Å². The monoisotopic (exact) mass is 239 g/mol. The molecular formula is C14H12BO3. The number of benzene rings is 2. The zero-order chi connectivity index (χ0) is 12.2. The SMILES string of the molecule is [B]1OCC(c2ccc(Oc3ccccc3)cc2)O1. The van der Waals surface area contributed by atoms with Gasteiger partial charge < -0.3 is 14.0 Å². The van der Waals surface area contributed by atoms with Crippen molar-refractivity contribution >= 4 is 7.69 Å². The molecular weight excluding hydrogens is 227 g/mol. The summed E-state index contributed by atoms with van der Waals surface area (Å²) in [5.41, 5.74) is 1.09. The van der Waals surface area contributed by atoms with Gasteiger partial charge >= 0.3 is 7.69 Å². The van der Waals surface area contributed by atoms with E-state index in [-0.39, 0.29) is 6.10 Å². The number of ether oxygens (including phenoxy) is 1. The highest BCUT2D eigenvalue weighted by Crippen LogP contribution is 2.26. The van der Waals surface area contributed by atoms with E-state index in [1.54, 1.807) is 0 Å². The molecule has 0 aromatic heterocycles. The van der Waals surface area contributed by atoms with Crippen molar-refractivity contribution in [3.8, 4) is 11.5 Å². The predicted molar refractivity (Wildman–Crippen MR) is 68.5 cm³/mol. The lowest BCUT2D eigenvalue weighted by Gasteiger charge is -2.10. The highest BCUT2D eigenvalue weighted by Gasteiger charge is 2.19. The van der Waals surface area contributed by atoms with E-state index in [1.807, 2.05) is 54.6 Å². The second kappa shape index (κ2) is 5.25. The second-order valence-corrected chi connectivity index (χ2v) is 4.04. The Labute approximate surface area is 107 Å². The number of hydrogen-bond acceptors (Lipinski definition) is 3. The first-order chi connectivity index (χ1) is 8.92. The van der Waals surface area contributed by atoms with Gasteiger partial charge in [0, 0.05) is 0 Å². The Balaban J connectivity index is 1.71. The van der Waals surface area contributed by atoms with Crippen LogP contribution in [0.25, 0.3) is 0 Å². The van der Waals surface area contributed by atoms with E-state index in [9.17, 15) is 0 Å². The molecule has 1 aliphatic rings. The molecule has 3 nitrogen and oxygen atoms in total. The van der Waals surface area contributed by atoms with Crippen molar-refractivity contribution in [3.05, 3.63) is 60.2 Å². The van der Waals surface area contributed by atoms with Crippen LogP contribution >= 0.6 is 0 Å². The molecule has 2 aromatic rings. The molecule has 0 saturated carbocycles. The summed E-state index contributed by atoms with van der Waals surface area (Å²) in [5.74, 6) is 1.65. The van der Waals surface area contributed by atoms with Crippen LogP contribution in [0.15, 0.2) is 54.6 Å². The smallest absolute Gasteiger partial charge is 0.457 e. The lowest BCUT2D eigenvalue weighted by molar-refractivity contribution is 0.243. The molecule has 89 valence electrons. The molecule has 0 bridgehead atoms. The lowest BCUT2D eigenvalue weighted by atomic mass is 10.1. The fourth-order valence-corrected chi connectivity index (χ4v) is 1.82. The van der Waals surface area contributed by atoms with Gasteiger partial charge in [0.25, 0.3) is 0 Å². The largest absolute Gasteiger partial charge is 0.488 e. The maximum absolute atomic E-state index is 5.72. The first-order valence-corrected chi connectivity index (χ1v) is 5.83. The topological polar surface area (TPSA) is 27.7 Å². The molecule has 18 heavy (non-hydrogen) atoms. The van der Waals surface area contributed by atoms with Crippen LogP contribution in [0.3, 0.4) is 0 Å². The van der Waals surface area contributed by atoms with Gasteiger partial charge in [-0.1, -0.05) is 30.3 Å². The van der Waals surface area contributed by atoms with Gasteiger partial charge in [0.05, 0.1) is 12.7 Å². The molecule has 0 aliphatic carbocycles. The van der Waals surface area contributed by atoms with Crippen molar-refractivity contribution in [2.75, 3.05) is 6.61 Å². The van der Waals surface area contributed by atoms with E-state index < -0.39 is 0 Å². The van der Waals surface area contributed by atoms with Gasteiger partial charge in [-0.25, -0.2) is 0 Å². The minimum absolute atomic E-state index is 0.00391. The predicted octanol–water partition coefficient (Wildman–Crippen LogP) is 3.10. The Morgan fingerprint density at radius 3 is 2.33 bits per heavy atom. The van der Waals surface area contributed by atoms with Crippen LogP contribution in [0.4, 0.5) is 0 Å². The Hall–Kier alpha value is -1.78. The summed E-state index contributed by atoms with van der Waals surface area (Å²) < 4.78 is 16.1. The molecule has 1 aliphatic heterocycles. The molecule has 0 spiro atoms. The van der Waals surface area contributed by atoms with E-state index in [2.05, 4.69) is 0 Å². The van der Waals surface area contributed by atoms with E-state index in [0.29, 0.717) is 6.61 Å². The molecule has 3 rings (SSSR count). The van der Waals surface area contributed by atoms with Gasteiger partial charge in [0.2, 0.25) is 0 Å². The number of hydrogen-bond donors (Lipinski definition) is 0. The third-order valence-corrected chi connectivity index (χ3v) is 2.77. The van der Waals surface area contributed by atoms with Crippen molar-refractivity contribution < 1.29 is 14.0 Å². The van der Waals surface area contributed by atoms with Gasteiger partial charge in [-0.05, 0) is 29.8 Å². The van der Waals surface area contributed by atoms with Crippen LogP contribution in [0.5, 0.6) is 11.5 Å². The normalized spacial score (nSPS) is 18.3. The summed E-state index contributed by atoms with van der Waals surface area (Å²) in [6.45, 7) is 0.568. The Morgan fingerprint density at radius 2 is 1.67 bits per heavy atom.